The number of benzene rings is 3. The average molecular weight is 591 g/mol. The highest BCUT2D eigenvalue weighted by atomic mass is 35.5. The van der Waals surface area contributed by atoms with Gasteiger partial charge in [-0.1, -0.05) is 84.2 Å². The van der Waals surface area contributed by atoms with Gasteiger partial charge in [0.15, 0.2) is 0 Å². The number of amides is 2. The summed E-state index contributed by atoms with van der Waals surface area (Å²) in [5.41, 5.74) is 1.95. The molecule has 0 saturated carbocycles. The molecule has 0 radical (unpaired) electrons. The number of likely N-dealkylation sites (N-methyl/N-ethyl adjacent to an activating group) is 1. The Labute approximate surface area is 240 Å². The molecule has 3 aromatic carbocycles. The van der Waals surface area contributed by atoms with Crippen LogP contribution < -0.4 is 9.62 Å². The Bertz CT molecular complexity index is 1380. The van der Waals surface area contributed by atoms with Gasteiger partial charge < -0.3 is 10.2 Å². The lowest BCUT2D eigenvalue weighted by atomic mass is 10.1. The third-order valence-electron chi connectivity index (χ3n) is 6.31. The summed E-state index contributed by atoms with van der Waals surface area (Å²) in [7, 11) is -4.23. The monoisotopic (exact) mass is 589 g/mol. The highest BCUT2D eigenvalue weighted by Crippen LogP contribution is 2.35. The molecule has 0 aliphatic carbocycles. The molecule has 0 saturated heterocycles. The lowest BCUT2D eigenvalue weighted by molar-refractivity contribution is -0.139. The SMILES string of the molecule is CCNC(=O)[C@@H](CC)N(CCc1ccccc1)C(=O)CN(c1cccc(Cl)c1Cl)S(=O)(=O)c1ccc(C)cc1. The van der Waals surface area contributed by atoms with Crippen LogP contribution in [-0.2, 0) is 26.0 Å². The van der Waals surface area contributed by atoms with Gasteiger partial charge in [-0.25, -0.2) is 8.42 Å². The maximum absolute atomic E-state index is 13.9. The molecule has 208 valence electrons. The third kappa shape index (κ3) is 7.53. The number of carbonyl (C=O) groups excluding carboxylic acids is 2. The van der Waals surface area contributed by atoms with Crippen LogP contribution in [0.25, 0.3) is 0 Å². The molecule has 3 aromatic rings. The van der Waals surface area contributed by atoms with Crippen molar-refractivity contribution in [2.75, 3.05) is 23.9 Å². The van der Waals surface area contributed by atoms with Gasteiger partial charge in [-0.2, -0.15) is 0 Å². The van der Waals surface area contributed by atoms with Crippen LogP contribution >= 0.6 is 23.2 Å². The second-order valence-corrected chi connectivity index (χ2v) is 11.7. The minimum atomic E-state index is -4.23. The zero-order valence-electron chi connectivity index (χ0n) is 22.2. The van der Waals surface area contributed by atoms with E-state index in [1.165, 1.54) is 23.1 Å². The summed E-state index contributed by atoms with van der Waals surface area (Å²) in [6.07, 6.45) is 0.847. The molecule has 7 nitrogen and oxygen atoms in total. The van der Waals surface area contributed by atoms with Crippen LogP contribution in [0.1, 0.15) is 31.4 Å². The second kappa shape index (κ2) is 13.8. The molecular weight excluding hydrogens is 557 g/mol. The van der Waals surface area contributed by atoms with Crippen molar-refractivity contribution in [2.24, 2.45) is 0 Å². The van der Waals surface area contributed by atoms with Gasteiger partial charge in [-0.05, 0) is 56.5 Å². The van der Waals surface area contributed by atoms with E-state index in [9.17, 15) is 18.0 Å². The first-order valence-corrected chi connectivity index (χ1v) is 14.9. The van der Waals surface area contributed by atoms with E-state index in [0.717, 1.165) is 15.4 Å². The van der Waals surface area contributed by atoms with E-state index >= 15 is 0 Å². The molecule has 39 heavy (non-hydrogen) atoms. The number of hydrogen-bond donors (Lipinski definition) is 1. The molecule has 0 unspecified atom stereocenters. The number of hydrogen-bond acceptors (Lipinski definition) is 4. The molecule has 0 aliphatic heterocycles. The van der Waals surface area contributed by atoms with Crippen molar-refractivity contribution in [1.82, 2.24) is 10.2 Å². The van der Waals surface area contributed by atoms with E-state index in [0.29, 0.717) is 19.4 Å². The normalized spacial score (nSPS) is 12.0. The molecule has 1 N–H and O–H groups in total. The quantitative estimate of drug-likeness (QED) is 0.303. The number of aryl methyl sites for hydroxylation is 1. The van der Waals surface area contributed by atoms with Crippen molar-refractivity contribution >= 4 is 50.7 Å². The van der Waals surface area contributed by atoms with E-state index in [4.69, 9.17) is 23.2 Å². The van der Waals surface area contributed by atoms with Crippen LogP contribution in [0.3, 0.4) is 0 Å². The highest BCUT2D eigenvalue weighted by molar-refractivity contribution is 7.92. The van der Waals surface area contributed by atoms with E-state index in [1.54, 1.807) is 31.2 Å². The first-order valence-electron chi connectivity index (χ1n) is 12.7. The number of rotatable bonds is 12. The number of carbonyl (C=O) groups is 2. The minimum absolute atomic E-state index is 0.00328. The van der Waals surface area contributed by atoms with Crippen molar-refractivity contribution in [3.05, 3.63) is 94.0 Å². The summed E-state index contributed by atoms with van der Waals surface area (Å²) < 4.78 is 28.8. The predicted octanol–water partition coefficient (Wildman–Crippen LogP) is 5.48. The molecular formula is C29H33Cl2N3O4S. The molecule has 0 aliphatic rings. The van der Waals surface area contributed by atoms with E-state index in [2.05, 4.69) is 5.32 Å². The lowest BCUT2D eigenvalue weighted by Gasteiger charge is -2.33. The van der Waals surface area contributed by atoms with Gasteiger partial charge in [0.05, 0.1) is 20.6 Å². The smallest absolute Gasteiger partial charge is 0.264 e. The van der Waals surface area contributed by atoms with Gasteiger partial charge in [-0.15, -0.1) is 0 Å². The Hall–Kier alpha value is -3.07. The number of halogens is 2. The maximum Gasteiger partial charge on any atom is 0.264 e. The minimum Gasteiger partial charge on any atom is -0.355 e. The number of nitrogens with one attached hydrogen (secondary N) is 1. The average Bonchev–Trinajstić information content (AvgIpc) is 2.92. The Balaban J connectivity index is 2.05. The first-order chi connectivity index (χ1) is 18.6. The molecule has 0 spiro atoms. The first kappa shape index (κ1) is 30.5. The molecule has 2 amide bonds. The summed E-state index contributed by atoms with van der Waals surface area (Å²) in [5.74, 6) is -0.828. The van der Waals surface area contributed by atoms with Crippen LogP contribution in [0, 0.1) is 6.92 Å². The van der Waals surface area contributed by atoms with E-state index < -0.39 is 28.5 Å². The Kier molecular flexibility index (Phi) is 10.8. The van der Waals surface area contributed by atoms with Gasteiger partial charge in [0.25, 0.3) is 10.0 Å². The van der Waals surface area contributed by atoms with Gasteiger partial charge in [0.2, 0.25) is 11.8 Å². The van der Waals surface area contributed by atoms with Crippen LogP contribution in [0.4, 0.5) is 5.69 Å². The summed E-state index contributed by atoms with van der Waals surface area (Å²) in [4.78, 5) is 28.4. The van der Waals surface area contributed by atoms with Gasteiger partial charge in [0, 0.05) is 13.1 Å². The summed E-state index contributed by atoms with van der Waals surface area (Å²) in [5, 5.41) is 2.95. The molecule has 3 rings (SSSR count). The van der Waals surface area contributed by atoms with Crippen LogP contribution in [0.2, 0.25) is 10.0 Å². The van der Waals surface area contributed by atoms with Crippen molar-refractivity contribution in [2.45, 2.75) is 44.6 Å². The fraction of sp³-hybridized carbons (Fsp3) is 0.310. The van der Waals surface area contributed by atoms with Gasteiger partial charge in [-0.3, -0.25) is 13.9 Å². The molecule has 1 atom stereocenters. The zero-order valence-corrected chi connectivity index (χ0v) is 24.6. The molecule has 10 heteroatoms. The summed E-state index contributed by atoms with van der Waals surface area (Å²) in [6.45, 7) is 5.53. The van der Waals surface area contributed by atoms with Crippen LogP contribution in [0.15, 0.2) is 77.7 Å². The fourth-order valence-corrected chi connectivity index (χ4v) is 6.10. The van der Waals surface area contributed by atoms with E-state index in [-0.39, 0.29) is 33.1 Å². The van der Waals surface area contributed by atoms with Crippen LogP contribution in [-0.4, -0.2) is 50.8 Å². The van der Waals surface area contributed by atoms with E-state index in [1.807, 2.05) is 44.2 Å². The highest BCUT2D eigenvalue weighted by Gasteiger charge is 2.34. The standard InChI is InChI=1S/C29H33Cl2N3O4S/c1-4-25(29(36)32-5-2)33(19-18-22-10-7-6-8-11-22)27(35)20-34(26-13-9-12-24(30)28(26)31)39(37,38)23-16-14-21(3)15-17-23/h6-17,25H,4-5,18-20H2,1-3H3,(H,32,36)/t25-/m1/s1. The second-order valence-electron chi connectivity index (χ2n) is 9.04. The zero-order chi connectivity index (χ0) is 28.6. The fourth-order valence-electron chi connectivity index (χ4n) is 4.22. The molecule has 0 bridgehead atoms. The summed E-state index contributed by atoms with van der Waals surface area (Å²) >= 11 is 12.7. The maximum atomic E-state index is 13.9. The number of anilines is 1. The molecule has 0 heterocycles. The lowest BCUT2D eigenvalue weighted by Crippen LogP contribution is -2.53. The Morgan fingerprint density at radius 3 is 2.21 bits per heavy atom. The van der Waals surface area contributed by atoms with Crippen molar-refractivity contribution < 1.29 is 18.0 Å². The van der Waals surface area contributed by atoms with Crippen molar-refractivity contribution in [3.8, 4) is 0 Å². The van der Waals surface area contributed by atoms with Gasteiger partial charge >= 0.3 is 0 Å². The Morgan fingerprint density at radius 1 is 0.923 bits per heavy atom. The Morgan fingerprint density at radius 2 is 1.59 bits per heavy atom. The summed E-state index contributed by atoms with van der Waals surface area (Å²) in [6, 6.07) is 19.8. The van der Waals surface area contributed by atoms with Crippen molar-refractivity contribution in [1.29, 1.82) is 0 Å². The third-order valence-corrected chi connectivity index (χ3v) is 8.89. The predicted molar refractivity (Wildman–Crippen MR) is 157 cm³/mol. The number of sulfonamides is 1. The molecule has 0 aromatic heterocycles. The van der Waals surface area contributed by atoms with Crippen LogP contribution in [0.5, 0.6) is 0 Å². The topological polar surface area (TPSA) is 86.8 Å². The largest absolute Gasteiger partial charge is 0.355 e. The number of nitrogens with zero attached hydrogens (tertiary/aromatic N) is 2. The van der Waals surface area contributed by atoms with Gasteiger partial charge in [0.1, 0.15) is 12.6 Å². The molecule has 0 fully saturated rings. The van der Waals surface area contributed by atoms with Crippen molar-refractivity contribution in [3.63, 3.8) is 0 Å².